The number of aromatic nitrogens is 1. The van der Waals surface area contributed by atoms with E-state index >= 15 is 0 Å². The van der Waals surface area contributed by atoms with Crippen LogP contribution < -0.4 is 26.2 Å². The summed E-state index contributed by atoms with van der Waals surface area (Å²) in [6, 6.07) is 3.83. The second kappa shape index (κ2) is 8.77. The van der Waals surface area contributed by atoms with Crippen molar-refractivity contribution < 1.29 is 19.1 Å². The van der Waals surface area contributed by atoms with Crippen LogP contribution in [0.15, 0.2) is 18.3 Å². The average Bonchev–Trinajstić information content (AvgIpc) is 3.09. The number of rotatable bonds is 7. The van der Waals surface area contributed by atoms with Crippen LogP contribution in [0.25, 0.3) is 0 Å². The van der Waals surface area contributed by atoms with Crippen molar-refractivity contribution >= 4 is 12.0 Å². The monoisotopic (exact) mass is 417 g/mol. The Hall–Kier alpha value is -2.39. The summed E-state index contributed by atoms with van der Waals surface area (Å²) in [7, 11) is 1.58. The van der Waals surface area contributed by atoms with E-state index in [0.717, 1.165) is 38.5 Å². The highest BCUT2D eigenvalue weighted by atomic mass is 16.6. The van der Waals surface area contributed by atoms with Crippen LogP contribution in [0.4, 0.5) is 4.79 Å². The van der Waals surface area contributed by atoms with Gasteiger partial charge in [0, 0.05) is 17.3 Å². The first kappa shape index (κ1) is 20.9. The van der Waals surface area contributed by atoms with Crippen molar-refractivity contribution in [2.45, 2.75) is 75.7 Å². The number of hydrogen-bond acceptors (Lipinski definition) is 7. The van der Waals surface area contributed by atoms with E-state index in [1.807, 2.05) is 6.92 Å². The number of nitrogens with one attached hydrogen (secondary N) is 4. The molecule has 9 nitrogen and oxygen atoms in total. The molecule has 2 aliphatic carbocycles. The molecule has 3 aliphatic rings. The fourth-order valence-corrected chi connectivity index (χ4v) is 4.22. The molecule has 0 radical (unpaired) electrons. The number of nitrogens with zero attached hydrogens (tertiary/aromatic N) is 1. The Morgan fingerprint density at radius 2 is 2.07 bits per heavy atom. The molecular formula is C21H31N5O4. The van der Waals surface area contributed by atoms with E-state index in [1.165, 1.54) is 0 Å². The van der Waals surface area contributed by atoms with Crippen LogP contribution in [0.3, 0.4) is 0 Å². The minimum atomic E-state index is -0.296. The number of hydrogen-bond donors (Lipinski definition) is 4. The van der Waals surface area contributed by atoms with E-state index in [2.05, 4.69) is 26.5 Å². The van der Waals surface area contributed by atoms with Gasteiger partial charge in [-0.15, -0.1) is 0 Å². The average molecular weight is 418 g/mol. The lowest BCUT2D eigenvalue weighted by atomic mass is 9.96. The molecule has 1 aromatic heterocycles. The van der Waals surface area contributed by atoms with Crippen molar-refractivity contribution in [1.82, 2.24) is 26.5 Å². The number of pyridine rings is 1. The largest absolute Gasteiger partial charge is 0.495 e. The van der Waals surface area contributed by atoms with Crippen molar-refractivity contribution in [1.29, 1.82) is 0 Å². The van der Waals surface area contributed by atoms with E-state index in [9.17, 15) is 9.59 Å². The van der Waals surface area contributed by atoms with E-state index < -0.39 is 0 Å². The summed E-state index contributed by atoms with van der Waals surface area (Å²) in [5.74, 6) is 1.00. The second-order valence-electron chi connectivity index (χ2n) is 8.90. The van der Waals surface area contributed by atoms with Crippen LogP contribution in [0.5, 0.6) is 5.75 Å². The molecule has 0 bridgehead atoms. The van der Waals surface area contributed by atoms with Crippen LogP contribution in [-0.2, 0) is 16.0 Å². The number of methoxy groups -OCH3 is 1. The van der Waals surface area contributed by atoms with E-state index in [0.29, 0.717) is 17.4 Å². The smallest absolute Gasteiger partial charge is 0.407 e. The van der Waals surface area contributed by atoms with Gasteiger partial charge in [-0.25, -0.2) is 10.2 Å². The van der Waals surface area contributed by atoms with Crippen LogP contribution in [0.2, 0.25) is 0 Å². The maximum atomic E-state index is 12.3. The first-order chi connectivity index (χ1) is 14.4. The lowest BCUT2D eigenvalue weighted by Crippen LogP contribution is -2.45. The van der Waals surface area contributed by atoms with E-state index in [-0.39, 0.29) is 42.3 Å². The summed E-state index contributed by atoms with van der Waals surface area (Å²) < 4.78 is 10.7. The summed E-state index contributed by atoms with van der Waals surface area (Å²) in [4.78, 5) is 28.6. The van der Waals surface area contributed by atoms with Gasteiger partial charge in [-0.05, 0) is 63.5 Å². The molecule has 3 fully saturated rings. The number of ether oxygens (including phenoxy) is 2. The molecule has 9 heteroatoms. The van der Waals surface area contributed by atoms with Gasteiger partial charge < -0.3 is 20.1 Å². The molecule has 164 valence electrons. The molecule has 1 aliphatic heterocycles. The number of carbonyl (C=O) groups excluding carboxylic acids is 2. The minimum absolute atomic E-state index is 0.0334. The third-order valence-electron chi connectivity index (χ3n) is 6.31. The topological polar surface area (TPSA) is 114 Å². The molecule has 4 N–H and O–H groups in total. The van der Waals surface area contributed by atoms with E-state index in [4.69, 9.17) is 9.47 Å². The van der Waals surface area contributed by atoms with Crippen LogP contribution in [0.1, 0.15) is 51.1 Å². The van der Waals surface area contributed by atoms with Gasteiger partial charge in [0.25, 0.3) is 0 Å². The quantitative estimate of drug-likeness (QED) is 0.530. The molecule has 30 heavy (non-hydrogen) atoms. The number of hydrazine groups is 1. The maximum absolute atomic E-state index is 12.3. The standard InChI is InChI=1S/C21H31N5O4/c1-21(7-8-21)24-20(28)30-15-5-3-13(9-15)17-11-18(26-25-17)23-19(27)10-14-4-6-16(29-2)12-22-14/h4,6,12-13,15,17-18,25-26H,3,5,7-11H2,1-2H3,(H,23,27)(H,24,28)/t13-,15+,17?,18?/m0/s1. The van der Waals surface area contributed by atoms with Gasteiger partial charge in [0.2, 0.25) is 5.91 Å². The summed E-state index contributed by atoms with van der Waals surface area (Å²) in [5.41, 5.74) is 7.12. The van der Waals surface area contributed by atoms with Gasteiger partial charge in [0.15, 0.2) is 0 Å². The Balaban J connectivity index is 1.18. The fourth-order valence-electron chi connectivity index (χ4n) is 4.22. The van der Waals surface area contributed by atoms with Gasteiger partial charge >= 0.3 is 6.09 Å². The van der Waals surface area contributed by atoms with E-state index in [1.54, 1.807) is 25.4 Å². The van der Waals surface area contributed by atoms with Crippen LogP contribution >= 0.6 is 0 Å². The first-order valence-corrected chi connectivity index (χ1v) is 10.7. The van der Waals surface area contributed by atoms with Gasteiger partial charge in [0.05, 0.1) is 25.9 Å². The molecular weight excluding hydrogens is 386 g/mol. The number of alkyl carbamates (subject to hydrolysis) is 1. The molecule has 2 amide bonds. The highest BCUT2D eigenvalue weighted by Crippen LogP contribution is 2.36. The molecule has 2 unspecified atom stereocenters. The molecule has 0 spiro atoms. The second-order valence-corrected chi connectivity index (χ2v) is 8.90. The van der Waals surface area contributed by atoms with Crippen LogP contribution in [-0.4, -0.2) is 47.9 Å². The maximum Gasteiger partial charge on any atom is 0.407 e. The van der Waals surface area contributed by atoms with Gasteiger partial charge in [-0.1, -0.05) is 0 Å². The first-order valence-electron chi connectivity index (χ1n) is 10.7. The third-order valence-corrected chi connectivity index (χ3v) is 6.31. The van der Waals surface area contributed by atoms with Crippen LogP contribution in [0, 0.1) is 5.92 Å². The molecule has 4 rings (SSSR count). The predicted molar refractivity (Wildman–Crippen MR) is 109 cm³/mol. The summed E-state index contributed by atoms with van der Waals surface area (Å²) in [6.45, 7) is 2.04. The zero-order chi connectivity index (χ0) is 21.1. The number of amides is 2. The SMILES string of the molecule is COc1ccc(CC(=O)NC2CC([C@H]3CC[C@@H](OC(=O)NC4(C)CC4)C3)NN2)nc1. The summed E-state index contributed by atoms with van der Waals surface area (Å²) >= 11 is 0. The summed E-state index contributed by atoms with van der Waals surface area (Å²) in [6.07, 6.45) is 6.95. The Kier molecular flexibility index (Phi) is 6.10. The van der Waals surface area contributed by atoms with Gasteiger partial charge in [-0.2, -0.15) is 0 Å². The van der Waals surface area contributed by atoms with Gasteiger partial charge in [0.1, 0.15) is 11.9 Å². The zero-order valence-electron chi connectivity index (χ0n) is 17.6. The molecule has 2 saturated carbocycles. The fraction of sp³-hybridized carbons (Fsp3) is 0.667. The predicted octanol–water partition coefficient (Wildman–Crippen LogP) is 1.39. The Bertz CT molecular complexity index is 767. The van der Waals surface area contributed by atoms with Crippen molar-refractivity contribution in [3.63, 3.8) is 0 Å². The summed E-state index contributed by atoms with van der Waals surface area (Å²) in [5, 5.41) is 5.95. The Morgan fingerprint density at radius 3 is 2.77 bits per heavy atom. The molecule has 2 heterocycles. The zero-order valence-corrected chi connectivity index (χ0v) is 17.6. The van der Waals surface area contributed by atoms with Crippen molar-refractivity contribution in [2.75, 3.05) is 7.11 Å². The van der Waals surface area contributed by atoms with Gasteiger partial charge in [-0.3, -0.25) is 15.2 Å². The van der Waals surface area contributed by atoms with Crippen molar-refractivity contribution in [3.05, 3.63) is 24.0 Å². The molecule has 0 aromatic carbocycles. The van der Waals surface area contributed by atoms with Crippen molar-refractivity contribution in [2.24, 2.45) is 5.92 Å². The highest BCUT2D eigenvalue weighted by molar-refractivity contribution is 5.78. The lowest BCUT2D eigenvalue weighted by molar-refractivity contribution is -0.121. The van der Waals surface area contributed by atoms with Crippen molar-refractivity contribution in [3.8, 4) is 5.75 Å². The third kappa shape index (κ3) is 5.40. The Labute approximate surface area is 176 Å². The lowest BCUT2D eigenvalue weighted by Gasteiger charge is -2.19. The molecule has 4 atom stereocenters. The number of carbonyl (C=O) groups is 2. The minimum Gasteiger partial charge on any atom is -0.495 e. The molecule has 1 saturated heterocycles. The molecule has 1 aromatic rings. The highest BCUT2D eigenvalue weighted by Gasteiger charge is 2.41. The Morgan fingerprint density at radius 1 is 1.23 bits per heavy atom. The normalized spacial score (nSPS) is 29.3.